The Morgan fingerprint density at radius 2 is 1.00 bits per heavy atom. The molecule has 436 valence electrons. The highest BCUT2D eigenvalue weighted by Gasteiger charge is 2.51. The van der Waals surface area contributed by atoms with Crippen LogP contribution in [0.25, 0.3) is 0 Å². The van der Waals surface area contributed by atoms with Crippen LogP contribution in [0.5, 0.6) is 0 Å². The number of nitrogens with zero attached hydrogens (tertiary/aromatic N) is 4. The topological polar surface area (TPSA) is 222 Å². The Balaban J connectivity index is 0.819. The molecule has 18 nitrogen and oxygen atoms in total. The van der Waals surface area contributed by atoms with Crippen LogP contribution in [0.4, 0.5) is 22.0 Å². The second-order valence-corrected chi connectivity index (χ2v) is 22.7. The van der Waals surface area contributed by atoms with E-state index in [1.807, 2.05) is 6.07 Å². The highest BCUT2D eigenvalue weighted by molar-refractivity contribution is 5.96. The molecule has 3 aromatic carbocycles. The second kappa shape index (κ2) is 24.2. The molecular formula is C58H71F5N10O8. The van der Waals surface area contributed by atoms with E-state index in [9.17, 15) is 60.3 Å². The summed E-state index contributed by atoms with van der Waals surface area (Å²) in [6.07, 6.45) is -1.69. The van der Waals surface area contributed by atoms with Gasteiger partial charge in [-0.05, 0) is 132 Å². The first-order valence-corrected chi connectivity index (χ1v) is 28.0. The SMILES string of the molecule is CN[C@@H](C)C(=O)N[C@H]1CN(C(=O)Cc2ccc(CC(=O)N3CC[C@H]4CC[C@@H](C(=O)N[C@H]5C[C@@H]5c5ccc(C)cc5F)N4C(=O)[C@H](NC(=O)[C@H](C)NC)C3)cc2)CC[C@H]2CC[C@@H](C(=O)N[C@H]3C[C@@H]3c3ccc(C(F)(F)F)cc3F)N2C1=O. The monoisotopic (exact) mass is 1130 g/mol. The minimum Gasteiger partial charge on any atom is -0.351 e. The van der Waals surface area contributed by atoms with Gasteiger partial charge < -0.3 is 51.5 Å². The molecule has 6 N–H and O–H groups in total. The lowest BCUT2D eigenvalue weighted by molar-refractivity contribution is -0.147. The van der Waals surface area contributed by atoms with E-state index in [0.717, 1.165) is 17.7 Å². The first-order valence-electron chi connectivity index (χ1n) is 28.0. The average Bonchev–Trinajstić information content (AvgIpc) is 4.49. The zero-order valence-electron chi connectivity index (χ0n) is 46.0. The molecule has 4 heterocycles. The Morgan fingerprint density at radius 1 is 0.580 bits per heavy atom. The van der Waals surface area contributed by atoms with E-state index in [4.69, 9.17) is 0 Å². The standard InChI is InChI=1S/C58H71F5N10O8/c1-30-6-14-38(42(59)22-30)40-26-44(40)66-54(78)48-16-12-36-18-20-70(28-46(56(80)72(36)48)68-52(76)31(2)64-4)50(74)23-33-7-9-34(10-8-33)24-51(75)71-21-19-37-13-17-49(73(37)57(81)47(29-71)69-53(77)32(3)65-5)55(79)67-45-27-41(45)39-15-11-35(25-43(39)60)58(61,62)63/h6-11,14-15,22,25,31-32,36-37,40-41,44-49,64-65H,12-13,16-21,23-24,26-29H2,1-5H3,(H,66,78)(H,67,79)(H,68,76)(H,69,77)/t31-,32-,36+,37+,40+,41+,44-,45-,46+,47-,48-,49-/m0/s1. The van der Waals surface area contributed by atoms with E-state index in [0.29, 0.717) is 67.7 Å². The first kappa shape index (κ1) is 58.6. The van der Waals surface area contributed by atoms with Crippen molar-refractivity contribution in [1.82, 2.24) is 51.5 Å². The molecule has 6 aliphatic rings. The quantitative estimate of drug-likeness (QED) is 0.115. The fourth-order valence-electron chi connectivity index (χ4n) is 12.0. The van der Waals surface area contributed by atoms with Crippen LogP contribution in [0.1, 0.15) is 110 Å². The van der Waals surface area contributed by atoms with Gasteiger partial charge in [-0.2, -0.15) is 13.2 Å². The van der Waals surface area contributed by atoms with Crippen LogP contribution in [-0.2, 0) is 57.4 Å². The van der Waals surface area contributed by atoms with Gasteiger partial charge in [0.25, 0.3) is 0 Å². The fourth-order valence-corrected chi connectivity index (χ4v) is 12.0. The van der Waals surface area contributed by atoms with E-state index >= 15 is 0 Å². The number of benzene rings is 3. The van der Waals surface area contributed by atoms with Gasteiger partial charge in [-0.3, -0.25) is 38.4 Å². The maximum Gasteiger partial charge on any atom is 0.416 e. The minimum atomic E-state index is -4.72. The second-order valence-electron chi connectivity index (χ2n) is 22.7. The van der Waals surface area contributed by atoms with Crippen molar-refractivity contribution in [3.8, 4) is 0 Å². The zero-order chi connectivity index (χ0) is 58.2. The molecule has 9 rings (SSSR count). The summed E-state index contributed by atoms with van der Waals surface area (Å²) in [4.78, 5) is 118. The summed E-state index contributed by atoms with van der Waals surface area (Å²) in [6.45, 7) is 5.15. The predicted octanol–water partition coefficient (Wildman–Crippen LogP) is 3.09. The molecule has 2 saturated carbocycles. The molecule has 12 atom stereocenters. The van der Waals surface area contributed by atoms with Gasteiger partial charge in [0.1, 0.15) is 35.8 Å². The Kier molecular flexibility index (Phi) is 17.5. The molecule has 81 heavy (non-hydrogen) atoms. The summed E-state index contributed by atoms with van der Waals surface area (Å²) < 4.78 is 69.2. The van der Waals surface area contributed by atoms with Crippen LogP contribution in [0.15, 0.2) is 60.7 Å². The molecular weight excluding hydrogens is 1060 g/mol. The van der Waals surface area contributed by atoms with Gasteiger partial charge in [0.15, 0.2) is 0 Å². The lowest BCUT2D eigenvalue weighted by Crippen LogP contribution is -2.62. The molecule has 23 heteroatoms. The normalized spacial score (nSPS) is 27.1. The minimum absolute atomic E-state index is 0.0532. The Morgan fingerprint density at radius 3 is 1.40 bits per heavy atom. The van der Waals surface area contributed by atoms with Crippen LogP contribution in [0.2, 0.25) is 0 Å². The van der Waals surface area contributed by atoms with E-state index in [1.54, 1.807) is 75.0 Å². The van der Waals surface area contributed by atoms with Crippen molar-refractivity contribution in [2.75, 3.05) is 40.3 Å². The van der Waals surface area contributed by atoms with E-state index in [-0.39, 0.29) is 92.5 Å². The number of hydrogen-bond acceptors (Lipinski definition) is 10. The van der Waals surface area contributed by atoms with Crippen LogP contribution in [-0.4, -0.2) is 168 Å². The van der Waals surface area contributed by atoms with Crippen molar-refractivity contribution in [2.45, 2.75) is 163 Å². The number of aryl methyl sites for hydroxylation is 1. The zero-order valence-corrected chi connectivity index (χ0v) is 46.0. The molecule has 6 fully saturated rings. The number of fused-ring (bicyclic) bond motifs is 2. The third-order valence-corrected chi connectivity index (χ3v) is 17.2. The molecule has 4 aliphatic heterocycles. The van der Waals surface area contributed by atoms with Crippen molar-refractivity contribution >= 4 is 47.3 Å². The highest BCUT2D eigenvalue weighted by Crippen LogP contribution is 2.45. The van der Waals surface area contributed by atoms with Crippen molar-refractivity contribution in [3.05, 3.63) is 106 Å². The molecule has 8 amide bonds. The first-order chi connectivity index (χ1) is 38.5. The van der Waals surface area contributed by atoms with Crippen molar-refractivity contribution < 1.29 is 60.3 Å². The third kappa shape index (κ3) is 13.2. The maximum atomic E-state index is 14.8. The molecule has 0 unspecified atom stereocenters. The number of carbonyl (C=O) groups excluding carboxylic acids is 8. The summed E-state index contributed by atoms with van der Waals surface area (Å²) in [6, 6.07) is 7.07. The maximum absolute atomic E-state index is 14.8. The van der Waals surface area contributed by atoms with Gasteiger partial charge in [-0.25, -0.2) is 8.78 Å². The molecule has 3 aromatic rings. The fraction of sp³-hybridized carbons (Fsp3) is 0.552. The smallest absolute Gasteiger partial charge is 0.351 e. The lowest BCUT2D eigenvalue weighted by Gasteiger charge is -2.39. The summed E-state index contributed by atoms with van der Waals surface area (Å²) in [5.41, 5.74) is 1.50. The number of hydrogen-bond donors (Lipinski definition) is 6. The number of likely N-dealkylation sites (N-methyl/N-ethyl adjacent to an activating group) is 2. The molecule has 0 aromatic heterocycles. The lowest BCUT2D eigenvalue weighted by atomic mass is 10.0. The van der Waals surface area contributed by atoms with E-state index in [1.165, 1.54) is 15.9 Å². The number of rotatable bonds is 16. The van der Waals surface area contributed by atoms with Gasteiger partial charge in [-0.15, -0.1) is 0 Å². The number of carbonyl (C=O) groups is 8. The largest absolute Gasteiger partial charge is 0.416 e. The molecule has 0 spiro atoms. The highest BCUT2D eigenvalue weighted by atomic mass is 19.4. The molecule has 2 aliphatic carbocycles. The average molecular weight is 1130 g/mol. The van der Waals surface area contributed by atoms with Crippen molar-refractivity contribution in [2.24, 2.45) is 0 Å². The van der Waals surface area contributed by atoms with Crippen LogP contribution < -0.4 is 31.9 Å². The van der Waals surface area contributed by atoms with E-state index < -0.39 is 101 Å². The summed E-state index contributed by atoms with van der Waals surface area (Å²) in [5.74, 6) is -5.52. The van der Waals surface area contributed by atoms with E-state index in [2.05, 4.69) is 31.9 Å². The van der Waals surface area contributed by atoms with Gasteiger partial charge >= 0.3 is 6.18 Å². The Labute approximate surface area is 467 Å². The predicted molar refractivity (Wildman–Crippen MR) is 286 cm³/mol. The number of amides is 8. The summed E-state index contributed by atoms with van der Waals surface area (Å²) in [5, 5.41) is 17.2. The Bertz CT molecular complexity index is 2930. The number of nitrogens with one attached hydrogen (secondary N) is 6. The van der Waals surface area contributed by atoms with Gasteiger partial charge in [-0.1, -0.05) is 42.5 Å². The Hall–Kier alpha value is -7.01. The van der Waals surface area contributed by atoms with Crippen molar-refractivity contribution in [3.63, 3.8) is 0 Å². The van der Waals surface area contributed by atoms with Crippen LogP contribution in [0, 0.1) is 18.6 Å². The van der Waals surface area contributed by atoms with Crippen LogP contribution >= 0.6 is 0 Å². The van der Waals surface area contributed by atoms with Gasteiger partial charge in [0, 0.05) is 62.2 Å². The molecule has 0 radical (unpaired) electrons. The number of halogens is 5. The van der Waals surface area contributed by atoms with Gasteiger partial charge in [0.2, 0.25) is 47.3 Å². The molecule has 4 saturated heterocycles. The van der Waals surface area contributed by atoms with Gasteiger partial charge in [0.05, 0.1) is 30.5 Å². The van der Waals surface area contributed by atoms with Crippen LogP contribution in [0.3, 0.4) is 0 Å². The summed E-state index contributed by atoms with van der Waals surface area (Å²) in [7, 11) is 3.18. The van der Waals surface area contributed by atoms with Crippen molar-refractivity contribution in [1.29, 1.82) is 0 Å². The summed E-state index contributed by atoms with van der Waals surface area (Å²) >= 11 is 0. The molecule has 0 bridgehead atoms. The third-order valence-electron chi connectivity index (χ3n) is 17.2. The number of alkyl halides is 3.